The molecular weight excluding hydrogens is 682 g/mol. The first kappa shape index (κ1) is 35.2. The molecule has 2 aliphatic rings. The number of nitrogens with one attached hydrogen (secondary N) is 1. The molecule has 4 aromatic carbocycles. The summed E-state index contributed by atoms with van der Waals surface area (Å²) in [5, 5.41) is 13.2. The van der Waals surface area contributed by atoms with Gasteiger partial charge < -0.3 is 29.4 Å². The summed E-state index contributed by atoms with van der Waals surface area (Å²) in [6.07, 6.45) is 5.20. The molecule has 0 radical (unpaired) electrons. The highest BCUT2D eigenvalue weighted by Gasteiger charge is 2.25. The highest BCUT2D eigenvalue weighted by atomic mass is 35.5. The fourth-order valence-electron chi connectivity index (χ4n) is 6.73. The Labute approximate surface area is 300 Å². The molecule has 0 unspecified atom stereocenters. The molecule has 2 amide bonds. The average Bonchev–Trinajstić information content (AvgIpc) is 3.50. The minimum absolute atomic E-state index is 0. The Morgan fingerprint density at radius 2 is 1.68 bits per heavy atom. The van der Waals surface area contributed by atoms with Crippen LogP contribution in [0, 0.1) is 5.82 Å². The van der Waals surface area contributed by atoms with E-state index in [0.29, 0.717) is 59.7 Å². The highest BCUT2D eigenvalue weighted by molar-refractivity contribution is 6.30. The van der Waals surface area contributed by atoms with E-state index in [9.17, 15) is 14.7 Å². The number of benzene rings is 4. The summed E-state index contributed by atoms with van der Waals surface area (Å²) >= 11 is 6.15. The number of ether oxygens (including phenoxy) is 2. The van der Waals surface area contributed by atoms with Crippen LogP contribution in [0.2, 0.25) is 5.02 Å². The van der Waals surface area contributed by atoms with Gasteiger partial charge in [0.1, 0.15) is 24.0 Å². The Morgan fingerprint density at radius 1 is 0.940 bits per heavy atom. The summed E-state index contributed by atoms with van der Waals surface area (Å²) in [5.41, 5.74) is 4.99. The lowest BCUT2D eigenvalue weighted by molar-refractivity contribution is 0.0564. The van der Waals surface area contributed by atoms with Gasteiger partial charge in [0.2, 0.25) is 0 Å². The number of carbonyl (C=O) groups excluding carboxylic acids is 1. The molecule has 2 heterocycles. The van der Waals surface area contributed by atoms with Gasteiger partial charge in [0.25, 0.3) is 0 Å². The van der Waals surface area contributed by atoms with Crippen LogP contribution in [0.25, 0.3) is 33.5 Å². The van der Waals surface area contributed by atoms with Crippen LogP contribution < -0.4 is 10.1 Å². The van der Waals surface area contributed by atoms with E-state index >= 15 is 4.39 Å². The van der Waals surface area contributed by atoms with Crippen molar-refractivity contribution in [3.63, 3.8) is 0 Å². The summed E-state index contributed by atoms with van der Waals surface area (Å²) < 4.78 is 29.6. The number of aromatic nitrogens is 2. The molecule has 2 N–H and O–H groups in total. The summed E-state index contributed by atoms with van der Waals surface area (Å²) in [7, 11) is 0. The molecule has 5 aromatic rings. The molecule has 260 valence electrons. The number of aromatic carboxylic acids is 1. The van der Waals surface area contributed by atoms with Crippen LogP contribution in [0.15, 0.2) is 78.9 Å². The third kappa shape index (κ3) is 7.57. The SMILES string of the molecule is Cl.O=C(O)c1ccc2c(c1)nc(-c1ccc(OCc3cc(NC(=O)N4CCOCC4)ccc3-c3ccc(Cl)cc3)cc1F)n2C1CCCCC1. The largest absolute Gasteiger partial charge is 0.489 e. The molecule has 1 aliphatic heterocycles. The van der Waals surface area contributed by atoms with Crippen LogP contribution in [-0.4, -0.2) is 57.9 Å². The van der Waals surface area contributed by atoms with E-state index in [0.717, 1.165) is 54.3 Å². The number of rotatable bonds is 8. The topological polar surface area (TPSA) is 106 Å². The summed E-state index contributed by atoms with van der Waals surface area (Å²) in [4.78, 5) is 31.1. The van der Waals surface area contributed by atoms with Crippen LogP contribution in [0.4, 0.5) is 14.9 Å². The molecule has 9 nitrogen and oxygen atoms in total. The van der Waals surface area contributed by atoms with Crippen molar-refractivity contribution in [3.05, 3.63) is 101 Å². The summed E-state index contributed by atoms with van der Waals surface area (Å²) in [6, 6.07) is 22.7. The van der Waals surface area contributed by atoms with Gasteiger partial charge in [-0.05, 0) is 84.1 Å². The van der Waals surface area contributed by atoms with Gasteiger partial charge in [-0.15, -0.1) is 12.4 Å². The van der Waals surface area contributed by atoms with Gasteiger partial charge in [0.05, 0.1) is 35.4 Å². The first-order valence-electron chi connectivity index (χ1n) is 16.5. The van der Waals surface area contributed by atoms with Crippen LogP contribution in [0.1, 0.15) is 54.1 Å². The molecule has 1 aromatic heterocycles. The Balaban J connectivity index is 0.00000432. The summed E-state index contributed by atoms with van der Waals surface area (Å²) in [5.74, 6) is -0.720. The first-order chi connectivity index (χ1) is 23.8. The number of hydrogen-bond acceptors (Lipinski definition) is 5. The summed E-state index contributed by atoms with van der Waals surface area (Å²) in [6.45, 7) is 2.15. The van der Waals surface area contributed by atoms with Crippen LogP contribution >= 0.6 is 24.0 Å². The zero-order chi connectivity index (χ0) is 33.9. The van der Waals surface area contributed by atoms with E-state index in [1.807, 2.05) is 42.5 Å². The molecule has 7 rings (SSSR count). The number of carboxylic acids is 1. The molecule has 12 heteroatoms. The zero-order valence-corrected chi connectivity index (χ0v) is 28.8. The maximum absolute atomic E-state index is 16.0. The zero-order valence-electron chi connectivity index (χ0n) is 27.2. The standard InChI is InChI=1S/C38H36ClFN4O5.ClH/c39-27-9-6-24(7-10-27)31-13-11-28(41-38(47)43-16-18-48-19-17-43)20-26(31)23-49-30-12-14-32(33(40)22-30)36-42-34-21-25(37(45)46)8-15-35(34)44(36)29-4-2-1-3-5-29;/h6-15,20-22,29H,1-5,16-19,23H2,(H,41,47)(H,45,46);1H. The van der Waals surface area contributed by atoms with Crippen LogP contribution in [-0.2, 0) is 11.3 Å². The minimum atomic E-state index is -1.03. The van der Waals surface area contributed by atoms with E-state index in [2.05, 4.69) is 9.88 Å². The maximum Gasteiger partial charge on any atom is 0.335 e. The number of carboxylic acid groups (broad SMARTS) is 1. The highest BCUT2D eigenvalue weighted by Crippen LogP contribution is 2.38. The second kappa shape index (κ2) is 15.5. The maximum atomic E-state index is 16.0. The lowest BCUT2D eigenvalue weighted by Gasteiger charge is -2.27. The Bertz CT molecular complexity index is 2010. The molecule has 1 aliphatic carbocycles. The minimum Gasteiger partial charge on any atom is -0.489 e. The van der Waals surface area contributed by atoms with E-state index in [4.69, 9.17) is 26.1 Å². The Kier molecular flexibility index (Phi) is 10.9. The number of nitrogens with zero attached hydrogens (tertiary/aromatic N) is 3. The molecule has 50 heavy (non-hydrogen) atoms. The number of amides is 2. The Hall–Kier alpha value is -4.64. The number of urea groups is 1. The van der Waals surface area contributed by atoms with Gasteiger partial charge in [0, 0.05) is 35.9 Å². The van der Waals surface area contributed by atoms with Crippen molar-refractivity contribution >= 4 is 52.7 Å². The molecule has 1 saturated carbocycles. The van der Waals surface area contributed by atoms with Crippen LogP contribution in [0.5, 0.6) is 5.75 Å². The van der Waals surface area contributed by atoms with E-state index in [-0.39, 0.29) is 36.7 Å². The van der Waals surface area contributed by atoms with Crippen molar-refractivity contribution in [2.45, 2.75) is 44.8 Å². The number of halogens is 3. The van der Waals surface area contributed by atoms with Crippen molar-refractivity contribution in [2.24, 2.45) is 0 Å². The van der Waals surface area contributed by atoms with Crippen molar-refractivity contribution in [1.82, 2.24) is 14.5 Å². The quantitative estimate of drug-likeness (QED) is 0.166. The van der Waals surface area contributed by atoms with Crippen molar-refractivity contribution in [2.75, 3.05) is 31.6 Å². The third-order valence-corrected chi connectivity index (χ3v) is 9.51. The molecule has 0 atom stereocenters. The lowest BCUT2D eigenvalue weighted by Crippen LogP contribution is -2.43. The number of fused-ring (bicyclic) bond motifs is 1. The molecule has 1 saturated heterocycles. The molecular formula is C38H37Cl2FN4O5. The molecule has 2 fully saturated rings. The van der Waals surface area contributed by atoms with Gasteiger partial charge in [-0.2, -0.15) is 0 Å². The number of morpholine rings is 1. The number of carbonyl (C=O) groups is 2. The fourth-order valence-corrected chi connectivity index (χ4v) is 6.86. The average molecular weight is 720 g/mol. The normalized spacial score (nSPS) is 15.0. The second-order valence-electron chi connectivity index (χ2n) is 12.4. The Morgan fingerprint density at radius 3 is 2.40 bits per heavy atom. The van der Waals surface area contributed by atoms with Gasteiger partial charge in [-0.3, -0.25) is 0 Å². The van der Waals surface area contributed by atoms with Gasteiger partial charge in [0.15, 0.2) is 0 Å². The van der Waals surface area contributed by atoms with E-state index in [1.165, 1.54) is 6.07 Å². The van der Waals surface area contributed by atoms with E-state index < -0.39 is 11.8 Å². The molecule has 0 bridgehead atoms. The predicted molar refractivity (Wildman–Crippen MR) is 194 cm³/mol. The van der Waals surface area contributed by atoms with E-state index in [1.54, 1.807) is 35.2 Å². The van der Waals surface area contributed by atoms with Gasteiger partial charge in [-0.1, -0.05) is 49.1 Å². The number of anilines is 1. The third-order valence-electron chi connectivity index (χ3n) is 9.26. The monoisotopic (exact) mass is 718 g/mol. The predicted octanol–water partition coefficient (Wildman–Crippen LogP) is 9.23. The van der Waals surface area contributed by atoms with Crippen LogP contribution in [0.3, 0.4) is 0 Å². The molecule has 0 spiro atoms. The fraction of sp³-hybridized carbons (Fsp3) is 0.289. The van der Waals surface area contributed by atoms with Crippen molar-refractivity contribution < 1.29 is 28.6 Å². The van der Waals surface area contributed by atoms with Crippen molar-refractivity contribution in [1.29, 1.82) is 0 Å². The van der Waals surface area contributed by atoms with Crippen molar-refractivity contribution in [3.8, 4) is 28.3 Å². The van der Waals surface area contributed by atoms with Gasteiger partial charge in [-0.25, -0.2) is 19.0 Å². The smallest absolute Gasteiger partial charge is 0.335 e. The lowest BCUT2D eigenvalue weighted by atomic mass is 9.94. The number of hydrogen-bond donors (Lipinski definition) is 2. The number of imidazole rings is 1. The second-order valence-corrected chi connectivity index (χ2v) is 12.9. The van der Waals surface area contributed by atoms with Gasteiger partial charge >= 0.3 is 12.0 Å². The first-order valence-corrected chi connectivity index (χ1v) is 16.9.